The first-order chi connectivity index (χ1) is 12.5. The van der Waals surface area contributed by atoms with Crippen molar-refractivity contribution in [2.45, 2.75) is 39.3 Å². The zero-order valence-electron chi connectivity index (χ0n) is 15.4. The van der Waals surface area contributed by atoms with E-state index in [1.165, 1.54) is 0 Å². The van der Waals surface area contributed by atoms with E-state index < -0.39 is 0 Å². The van der Waals surface area contributed by atoms with Crippen LogP contribution in [0.15, 0.2) is 60.2 Å². The van der Waals surface area contributed by atoms with Crippen LogP contribution in [0.5, 0.6) is 5.75 Å². The molecule has 134 valence electrons. The Kier molecular flexibility index (Phi) is 6.99. The molecule has 0 saturated carbocycles. The van der Waals surface area contributed by atoms with E-state index in [0.717, 1.165) is 23.3 Å². The lowest BCUT2D eigenvalue weighted by atomic mass is 10.1. The highest BCUT2D eigenvalue weighted by Crippen LogP contribution is 2.17. The molecule has 2 atom stereocenters. The van der Waals surface area contributed by atoms with Gasteiger partial charge in [0.15, 0.2) is 0 Å². The minimum Gasteiger partial charge on any atom is -0.491 e. The van der Waals surface area contributed by atoms with Crippen LogP contribution < -0.4 is 10.1 Å². The van der Waals surface area contributed by atoms with E-state index in [9.17, 15) is 10.1 Å². The van der Waals surface area contributed by atoms with E-state index in [1.807, 2.05) is 74.5 Å². The van der Waals surface area contributed by atoms with E-state index in [1.54, 1.807) is 6.08 Å². The van der Waals surface area contributed by atoms with Crippen LogP contribution in [0.25, 0.3) is 6.08 Å². The largest absolute Gasteiger partial charge is 0.491 e. The molecule has 1 amide bonds. The summed E-state index contributed by atoms with van der Waals surface area (Å²) in [7, 11) is 0. The molecule has 0 aromatic heterocycles. The topological polar surface area (TPSA) is 62.1 Å². The summed E-state index contributed by atoms with van der Waals surface area (Å²) in [6.45, 7) is 5.97. The van der Waals surface area contributed by atoms with Gasteiger partial charge in [0.2, 0.25) is 0 Å². The van der Waals surface area contributed by atoms with Crippen LogP contribution in [0, 0.1) is 11.3 Å². The summed E-state index contributed by atoms with van der Waals surface area (Å²) in [5, 5.41) is 12.2. The molecule has 26 heavy (non-hydrogen) atoms. The number of rotatable bonds is 7. The number of nitriles is 1. The van der Waals surface area contributed by atoms with Crippen molar-refractivity contribution in [3.05, 3.63) is 71.3 Å². The van der Waals surface area contributed by atoms with Gasteiger partial charge in [0, 0.05) is 0 Å². The standard InChI is InChI=1S/C22H24N2O2/c1-4-16(2)26-21-12-10-18(11-13-21)14-20(15-23)22(25)24-17(3)19-8-6-5-7-9-19/h5-14,16-17H,4H2,1-3H3,(H,24,25)/b20-14-/t16-,17+/m0/s1. The molecule has 0 aliphatic heterocycles. The molecular weight excluding hydrogens is 324 g/mol. The van der Waals surface area contributed by atoms with Crippen molar-refractivity contribution in [2.75, 3.05) is 0 Å². The summed E-state index contributed by atoms with van der Waals surface area (Å²) in [6.07, 6.45) is 2.66. The van der Waals surface area contributed by atoms with Crippen molar-refractivity contribution in [3.8, 4) is 11.8 Å². The number of benzene rings is 2. The van der Waals surface area contributed by atoms with Gasteiger partial charge in [-0.25, -0.2) is 0 Å². The molecule has 2 rings (SSSR count). The van der Waals surface area contributed by atoms with Gasteiger partial charge in [-0.1, -0.05) is 49.4 Å². The molecule has 2 aromatic rings. The smallest absolute Gasteiger partial charge is 0.262 e. The molecule has 1 N–H and O–H groups in total. The number of hydrogen-bond acceptors (Lipinski definition) is 3. The van der Waals surface area contributed by atoms with E-state index in [0.29, 0.717) is 0 Å². The van der Waals surface area contributed by atoms with Gasteiger partial charge in [-0.2, -0.15) is 5.26 Å². The third-order valence-electron chi connectivity index (χ3n) is 4.12. The van der Waals surface area contributed by atoms with Crippen molar-refractivity contribution in [3.63, 3.8) is 0 Å². The molecule has 4 nitrogen and oxygen atoms in total. The zero-order valence-corrected chi connectivity index (χ0v) is 15.4. The van der Waals surface area contributed by atoms with E-state index in [4.69, 9.17) is 4.74 Å². The molecule has 0 unspecified atom stereocenters. The predicted molar refractivity (Wildman–Crippen MR) is 103 cm³/mol. The lowest BCUT2D eigenvalue weighted by molar-refractivity contribution is -0.117. The number of nitrogens with one attached hydrogen (secondary N) is 1. The number of nitrogens with zero attached hydrogens (tertiary/aromatic N) is 1. The molecule has 0 heterocycles. The lowest BCUT2D eigenvalue weighted by Gasteiger charge is -2.14. The zero-order chi connectivity index (χ0) is 18.9. The van der Waals surface area contributed by atoms with Crippen molar-refractivity contribution in [1.29, 1.82) is 5.26 Å². The van der Waals surface area contributed by atoms with Crippen LogP contribution in [-0.2, 0) is 4.79 Å². The third kappa shape index (κ3) is 5.49. The Morgan fingerprint density at radius 2 is 1.81 bits per heavy atom. The van der Waals surface area contributed by atoms with Gasteiger partial charge >= 0.3 is 0 Å². The average molecular weight is 348 g/mol. The Bertz CT molecular complexity index is 789. The summed E-state index contributed by atoms with van der Waals surface area (Å²) in [5.41, 5.74) is 1.84. The second-order valence-electron chi connectivity index (χ2n) is 6.18. The fraction of sp³-hybridized carbons (Fsp3) is 0.273. The Morgan fingerprint density at radius 1 is 1.15 bits per heavy atom. The van der Waals surface area contributed by atoms with Gasteiger partial charge in [-0.3, -0.25) is 4.79 Å². The highest BCUT2D eigenvalue weighted by molar-refractivity contribution is 6.01. The summed E-state index contributed by atoms with van der Waals surface area (Å²) < 4.78 is 5.73. The third-order valence-corrected chi connectivity index (χ3v) is 4.12. The van der Waals surface area contributed by atoms with Crippen molar-refractivity contribution in [2.24, 2.45) is 0 Å². The summed E-state index contributed by atoms with van der Waals surface area (Å²) in [5.74, 6) is 0.390. The Balaban J connectivity index is 2.07. The van der Waals surface area contributed by atoms with Gasteiger partial charge in [-0.15, -0.1) is 0 Å². The predicted octanol–water partition coefficient (Wildman–Crippen LogP) is 4.65. The van der Waals surface area contributed by atoms with E-state index in [2.05, 4.69) is 12.2 Å². The van der Waals surface area contributed by atoms with Crippen LogP contribution >= 0.6 is 0 Å². The molecule has 0 aliphatic carbocycles. The van der Waals surface area contributed by atoms with Crippen LogP contribution in [0.3, 0.4) is 0 Å². The normalized spacial score (nSPS) is 13.4. The SMILES string of the molecule is CC[C@H](C)Oc1ccc(/C=C(/C#N)C(=O)N[C@H](C)c2ccccc2)cc1. The second kappa shape index (κ2) is 9.43. The fourth-order valence-corrected chi connectivity index (χ4v) is 2.37. The number of amides is 1. The van der Waals surface area contributed by atoms with Crippen molar-refractivity contribution in [1.82, 2.24) is 5.32 Å². The first-order valence-electron chi connectivity index (χ1n) is 8.77. The Labute approximate surface area is 155 Å². The fourth-order valence-electron chi connectivity index (χ4n) is 2.37. The summed E-state index contributed by atoms with van der Waals surface area (Å²) >= 11 is 0. The van der Waals surface area contributed by atoms with E-state index >= 15 is 0 Å². The highest BCUT2D eigenvalue weighted by atomic mass is 16.5. The van der Waals surface area contributed by atoms with Crippen LogP contribution in [0.4, 0.5) is 0 Å². The monoisotopic (exact) mass is 348 g/mol. The minimum atomic E-state index is -0.385. The number of ether oxygens (including phenoxy) is 1. The molecule has 0 bridgehead atoms. The lowest BCUT2D eigenvalue weighted by Crippen LogP contribution is -2.27. The minimum absolute atomic E-state index is 0.0726. The molecule has 0 fully saturated rings. The van der Waals surface area contributed by atoms with Crippen LogP contribution in [0.2, 0.25) is 0 Å². The first-order valence-corrected chi connectivity index (χ1v) is 8.77. The summed E-state index contributed by atoms with van der Waals surface area (Å²) in [6, 6.07) is 18.8. The van der Waals surface area contributed by atoms with Crippen molar-refractivity contribution < 1.29 is 9.53 Å². The molecule has 4 heteroatoms. The maximum Gasteiger partial charge on any atom is 0.262 e. The second-order valence-corrected chi connectivity index (χ2v) is 6.18. The Morgan fingerprint density at radius 3 is 2.38 bits per heavy atom. The van der Waals surface area contributed by atoms with Gasteiger partial charge in [0.05, 0.1) is 12.1 Å². The van der Waals surface area contributed by atoms with Gasteiger partial charge in [-0.05, 0) is 49.6 Å². The molecule has 0 saturated heterocycles. The summed E-state index contributed by atoms with van der Waals surface area (Å²) in [4.78, 5) is 12.4. The average Bonchev–Trinajstić information content (AvgIpc) is 2.67. The van der Waals surface area contributed by atoms with Crippen LogP contribution in [0.1, 0.15) is 44.4 Å². The number of carbonyl (C=O) groups is 1. The molecule has 0 spiro atoms. The number of carbonyl (C=O) groups excluding carboxylic acids is 1. The maximum atomic E-state index is 12.4. The molecule has 0 aliphatic rings. The van der Waals surface area contributed by atoms with Gasteiger partial charge < -0.3 is 10.1 Å². The van der Waals surface area contributed by atoms with E-state index in [-0.39, 0.29) is 23.6 Å². The Hall–Kier alpha value is -3.06. The molecular formula is C22H24N2O2. The highest BCUT2D eigenvalue weighted by Gasteiger charge is 2.13. The first kappa shape index (κ1) is 19.3. The number of hydrogen-bond donors (Lipinski definition) is 1. The molecule has 0 radical (unpaired) electrons. The van der Waals surface area contributed by atoms with Crippen LogP contribution in [-0.4, -0.2) is 12.0 Å². The van der Waals surface area contributed by atoms with Gasteiger partial charge in [0.1, 0.15) is 17.4 Å². The quantitative estimate of drug-likeness (QED) is 0.585. The maximum absolute atomic E-state index is 12.4. The van der Waals surface area contributed by atoms with Crippen molar-refractivity contribution >= 4 is 12.0 Å². The molecule has 2 aromatic carbocycles. The van der Waals surface area contributed by atoms with Gasteiger partial charge in [0.25, 0.3) is 5.91 Å².